The first-order valence-electron chi connectivity index (χ1n) is 1.26. The van der Waals surface area contributed by atoms with Gasteiger partial charge in [0.2, 0.25) is 0 Å². The standard InChI is InChI=1S/2CH2OS2.Ca/c2*2-1(3)4;/h2*(H2,2,3,4);/q;;+2/p-2. The van der Waals surface area contributed by atoms with Crippen LogP contribution in [0.4, 0.5) is 9.59 Å². The van der Waals surface area contributed by atoms with Crippen molar-refractivity contribution in [3.8, 4) is 0 Å². The van der Waals surface area contributed by atoms with E-state index in [-0.39, 0.29) is 37.7 Å². The van der Waals surface area contributed by atoms with E-state index in [9.17, 15) is 0 Å². The molecule has 0 atom stereocenters. The largest absolute Gasteiger partial charge is 2.00 e. The van der Waals surface area contributed by atoms with Crippen LogP contribution in [0.15, 0.2) is 0 Å². The third-order valence-corrected chi connectivity index (χ3v) is 0. The molecule has 0 N–H and O–H groups in total. The number of hydrogen-bond donors (Lipinski definition) is 2. The van der Waals surface area contributed by atoms with Gasteiger partial charge in [-0.15, -0.1) is 25.3 Å². The summed E-state index contributed by atoms with van der Waals surface area (Å²) in [5.41, 5.74) is 0. The first kappa shape index (κ1) is 17.0. The molecule has 0 rings (SSSR count). The van der Waals surface area contributed by atoms with E-state index in [1.54, 1.807) is 0 Å². The predicted molar refractivity (Wildman–Crippen MR) is 49.2 cm³/mol. The van der Waals surface area contributed by atoms with Crippen molar-refractivity contribution in [3.05, 3.63) is 0 Å². The zero-order valence-corrected chi connectivity index (χ0v) is 9.86. The minimum Gasteiger partial charge on any atom is -0.731 e. The molecule has 0 aromatic rings. The topological polar surface area (TPSA) is 34.1 Å². The first-order valence-corrected chi connectivity index (χ1v) is 2.97. The van der Waals surface area contributed by atoms with Crippen molar-refractivity contribution in [2.45, 2.75) is 0 Å². The number of rotatable bonds is 0. The average molecular weight is 226 g/mol. The van der Waals surface area contributed by atoms with Crippen LogP contribution in [0, 0.1) is 0 Å². The molecule has 0 aromatic heterocycles. The molecule has 0 radical (unpaired) electrons. The van der Waals surface area contributed by atoms with Crippen LogP contribution in [0.5, 0.6) is 0 Å². The predicted octanol–water partition coefficient (Wildman–Crippen LogP) is 0.785. The van der Waals surface area contributed by atoms with Gasteiger partial charge in [-0.05, 0) is 0 Å². The summed E-state index contributed by atoms with van der Waals surface area (Å²) < 4.78 is -1.11. The van der Waals surface area contributed by atoms with Gasteiger partial charge in [-0.25, -0.2) is 0 Å². The van der Waals surface area contributed by atoms with Crippen LogP contribution < -0.4 is 0 Å². The summed E-state index contributed by atoms with van der Waals surface area (Å²) in [6.07, 6.45) is 0. The molecule has 7 heteroatoms. The van der Waals surface area contributed by atoms with Crippen LogP contribution in [0.2, 0.25) is 0 Å². The fourth-order valence-corrected chi connectivity index (χ4v) is 0. The Morgan fingerprint density at radius 2 is 1.00 bits per heavy atom. The smallest absolute Gasteiger partial charge is 0.731 e. The Kier molecular flexibility index (Phi) is 23.5. The summed E-state index contributed by atoms with van der Waals surface area (Å²) in [6.45, 7) is 0. The van der Waals surface area contributed by atoms with Crippen LogP contribution in [-0.2, 0) is 25.3 Å². The van der Waals surface area contributed by atoms with Gasteiger partial charge in [0.15, 0.2) is 0 Å². The summed E-state index contributed by atoms with van der Waals surface area (Å²) in [5, 5.41) is 0. The van der Waals surface area contributed by atoms with Crippen LogP contribution in [-0.4, -0.2) is 46.6 Å². The Balaban J connectivity index is -0.0000000720. The SMILES string of the molecule is O=C([S-])S.O=C([S-])S.[Ca+2]. The Bertz CT molecular complexity index is 74.6. The van der Waals surface area contributed by atoms with Crippen molar-refractivity contribution >= 4 is 97.1 Å². The molecule has 9 heavy (non-hydrogen) atoms. The number of carbonyl (C=O) groups is 2. The van der Waals surface area contributed by atoms with E-state index in [1.165, 1.54) is 0 Å². The number of carbonyl (C=O) groups excluding carboxylic acids is 2. The minimum absolute atomic E-state index is 0. The summed E-state index contributed by atoms with van der Waals surface area (Å²) >= 11 is 14.0. The second-order valence-electron chi connectivity index (χ2n) is 0.532. The molecule has 0 bridgehead atoms. The summed E-state index contributed by atoms with van der Waals surface area (Å²) in [4.78, 5) is 18.2. The molecular formula is C2H2CaO2S4. The Hall–Kier alpha value is 1.74. The van der Waals surface area contributed by atoms with E-state index in [0.29, 0.717) is 0 Å². The zero-order valence-electron chi connectivity index (χ0n) is 4.23. The maximum Gasteiger partial charge on any atom is 2.00 e. The molecule has 0 heterocycles. The van der Waals surface area contributed by atoms with Crippen molar-refractivity contribution in [1.29, 1.82) is 0 Å². The molecule has 0 aliphatic rings. The van der Waals surface area contributed by atoms with Crippen molar-refractivity contribution in [3.63, 3.8) is 0 Å². The van der Waals surface area contributed by atoms with Crippen molar-refractivity contribution in [2.24, 2.45) is 0 Å². The zero-order chi connectivity index (χ0) is 7.15. The fraction of sp³-hybridized carbons (Fsp3) is 0. The molecule has 0 aliphatic carbocycles. The maximum atomic E-state index is 9.12. The van der Waals surface area contributed by atoms with Crippen molar-refractivity contribution < 1.29 is 9.59 Å². The van der Waals surface area contributed by atoms with Crippen molar-refractivity contribution in [2.75, 3.05) is 0 Å². The van der Waals surface area contributed by atoms with Gasteiger partial charge in [-0.3, -0.25) is 0 Å². The van der Waals surface area contributed by atoms with Crippen LogP contribution in [0.25, 0.3) is 0 Å². The fourth-order valence-electron chi connectivity index (χ4n) is 0. The van der Waals surface area contributed by atoms with Gasteiger partial charge in [0.1, 0.15) is 0 Å². The molecular weight excluding hydrogens is 224 g/mol. The second-order valence-corrected chi connectivity index (χ2v) is 2.69. The van der Waals surface area contributed by atoms with E-state index >= 15 is 0 Å². The van der Waals surface area contributed by atoms with E-state index in [2.05, 4.69) is 50.5 Å². The first-order chi connectivity index (χ1) is 3.46. The summed E-state index contributed by atoms with van der Waals surface area (Å²) in [7, 11) is 0. The monoisotopic (exact) mass is 226 g/mol. The Morgan fingerprint density at radius 3 is 1.00 bits per heavy atom. The molecule has 0 aromatic carbocycles. The molecule has 0 saturated carbocycles. The second kappa shape index (κ2) is 12.4. The molecule has 0 unspecified atom stereocenters. The van der Waals surface area contributed by atoms with Gasteiger partial charge in [0.25, 0.3) is 0 Å². The number of hydrogen-bond acceptors (Lipinski definition) is 4. The third-order valence-electron chi connectivity index (χ3n) is 0. The van der Waals surface area contributed by atoms with Crippen LogP contribution >= 0.6 is 25.3 Å². The van der Waals surface area contributed by atoms with Crippen LogP contribution in [0.3, 0.4) is 0 Å². The van der Waals surface area contributed by atoms with E-state index in [0.717, 1.165) is 0 Å². The molecule has 0 aliphatic heterocycles. The van der Waals surface area contributed by atoms with E-state index in [1.807, 2.05) is 0 Å². The Labute approximate surface area is 105 Å². The molecule has 0 saturated heterocycles. The van der Waals surface area contributed by atoms with E-state index in [4.69, 9.17) is 9.59 Å². The quantitative estimate of drug-likeness (QED) is 0.363. The molecule has 2 nitrogen and oxygen atoms in total. The van der Waals surface area contributed by atoms with Gasteiger partial charge in [-0.2, -0.15) is 0 Å². The Morgan fingerprint density at radius 1 is 1.00 bits per heavy atom. The minimum atomic E-state index is -0.556. The molecule has 48 valence electrons. The molecule has 0 fully saturated rings. The normalized spacial score (nSPS) is 5.56. The summed E-state index contributed by atoms with van der Waals surface area (Å²) in [6, 6.07) is 0. The van der Waals surface area contributed by atoms with Gasteiger partial charge in [-0.1, -0.05) is 0 Å². The molecule has 0 amide bonds. The number of thiol groups is 2. The molecule has 0 spiro atoms. The van der Waals surface area contributed by atoms with Gasteiger partial charge < -0.3 is 34.8 Å². The van der Waals surface area contributed by atoms with E-state index < -0.39 is 8.89 Å². The van der Waals surface area contributed by atoms with Crippen molar-refractivity contribution in [1.82, 2.24) is 0 Å². The van der Waals surface area contributed by atoms with Gasteiger partial charge >= 0.3 is 37.7 Å². The average Bonchev–Trinajstić information content (AvgIpc) is 1.25. The van der Waals surface area contributed by atoms with Crippen LogP contribution in [0.1, 0.15) is 0 Å². The third kappa shape index (κ3) is 193. The van der Waals surface area contributed by atoms with Gasteiger partial charge in [0, 0.05) is 0 Å². The van der Waals surface area contributed by atoms with Gasteiger partial charge in [0.05, 0.1) is 8.89 Å². The maximum absolute atomic E-state index is 9.12. The summed E-state index contributed by atoms with van der Waals surface area (Å²) in [5.74, 6) is 0.